The number of hydrogen-bond acceptors (Lipinski definition) is 4. The molecule has 0 radical (unpaired) electrons. The average Bonchev–Trinajstić information content (AvgIpc) is 2.84. The van der Waals surface area contributed by atoms with Crippen LogP contribution in [-0.4, -0.2) is 31.6 Å². The van der Waals surface area contributed by atoms with Gasteiger partial charge in [0.05, 0.1) is 5.02 Å². The number of hydrogen-bond donors (Lipinski definition) is 2. The second-order valence-corrected chi connectivity index (χ2v) is 5.21. The van der Waals surface area contributed by atoms with Crippen molar-refractivity contribution in [3.05, 3.63) is 29.0 Å². The second-order valence-electron chi connectivity index (χ2n) is 4.80. The van der Waals surface area contributed by atoms with Gasteiger partial charge in [-0.05, 0) is 24.6 Å². The van der Waals surface area contributed by atoms with Gasteiger partial charge in [-0.1, -0.05) is 11.6 Å². The average molecular weight is 280 g/mol. The molecule has 5 nitrogen and oxygen atoms in total. The Bertz CT molecular complexity index is 612. The SMILES string of the molecule is OCC1CCc2nnc(-c3cc(O)ccc3Cl)n2C1. The summed E-state index contributed by atoms with van der Waals surface area (Å²) in [5, 5.41) is 27.7. The van der Waals surface area contributed by atoms with Gasteiger partial charge >= 0.3 is 0 Å². The zero-order valence-corrected chi connectivity index (χ0v) is 11.0. The molecule has 0 saturated heterocycles. The molecule has 0 bridgehead atoms. The lowest BCUT2D eigenvalue weighted by Gasteiger charge is -2.22. The molecule has 100 valence electrons. The molecule has 2 N–H and O–H groups in total. The molecule has 0 fully saturated rings. The quantitative estimate of drug-likeness (QED) is 0.880. The van der Waals surface area contributed by atoms with Crippen molar-refractivity contribution in [3.8, 4) is 17.1 Å². The number of rotatable bonds is 2. The van der Waals surface area contributed by atoms with Crippen LogP contribution in [0.25, 0.3) is 11.4 Å². The van der Waals surface area contributed by atoms with E-state index in [1.54, 1.807) is 12.1 Å². The predicted octanol–water partition coefficient (Wildman–Crippen LogP) is 1.86. The third-order valence-corrected chi connectivity index (χ3v) is 3.82. The zero-order valence-electron chi connectivity index (χ0n) is 10.3. The first-order valence-corrected chi connectivity index (χ1v) is 6.58. The predicted molar refractivity (Wildman–Crippen MR) is 71.0 cm³/mol. The number of benzene rings is 1. The molecule has 0 spiro atoms. The highest BCUT2D eigenvalue weighted by molar-refractivity contribution is 6.33. The first-order chi connectivity index (χ1) is 9.19. The van der Waals surface area contributed by atoms with E-state index in [2.05, 4.69) is 10.2 Å². The number of halogens is 1. The van der Waals surface area contributed by atoms with Crippen LogP contribution in [0, 0.1) is 5.92 Å². The van der Waals surface area contributed by atoms with Crippen molar-refractivity contribution in [2.45, 2.75) is 19.4 Å². The normalized spacial score (nSPS) is 18.3. The minimum atomic E-state index is 0.145. The van der Waals surface area contributed by atoms with Gasteiger partial charge in [0.2, 0.25) is 0 Å². The third-order valence-electron chi connectivity index (χ3n) is 3.49. The Morgan fingerprint density at radius 1 is 1.37 bits per heavy atom. The fraction of sp³-hybridized carbons (Fsp3) is 0.385. The molecule has 1 aliphatic heterocycles. The zero-order chi connectivity index (χ0) is 13.4. The monoisotopic (exact) mass is 279 g/mol. The van der Waals surface area contributed by atoms with Gasteiger partial charge in [0.15, 0.2) is 5.82 Å². The Labute approximate surface area is 115 Å². The summed E-state index contributed by atoms with van der Waals surface area (Å²) >= 11 is 6.16. The first kappa shape index (κ1) is 12.4. The van der Waals surface area contributed by atoms with Gasteiger partial charge < -0.3 is 14.8 Å². The molecule has 6 heteroatoms. The van der Waals surface area contributed by atoms with E-state index in [-0.39, 0.29) is 18.3 Å². The molecule has 1 unspecified atom stereocenters. The molecule has 1 aromatic heterocycles. The van der Waals surface area contributed by atoms with E-state index in [0.29, 0.717) is 23.0 Å². The van der Waals surface area contributed by atoms with E-state index >= 15 is 0 Å². The molecule has 0 amide bonds. The number of aromatic hydroxyl groups is 1. The van der Waals surface area contributed by atoms with Gasteiger partial charge in [0, 0.05) is 31.1 Å². The Kier molecular flexibility index (Phi) is 3.16. The molecule has 2 aromatic rings. The fourth-order valence-electron chi connectivity index (χ4n) is 2.43. The summed E-state index contributed by atoms with van der Waals surface area (Å²) in [6.07, 6.45) is 1.72. The van der Waals surface area contributed by atoms with Crippen molar-refractivity contribution in [3.63, 3.8) is 0 Å². The molecule has 2 heterocycles. The van der Waals surface area contributed by atoms with E-state index in [1.165, 1.54) is 6.07 Å². The Morgan fingerprint density at radius 3 is 3.00 bits per heavy atom. The number of nitrogens with zero attached hydrogens (tertiary/aromatic N) is 3. The smallest absolute Gasteiger partial charge is 0.165 e. The maximum atomic E-state index is 9.58. The Morgan fingerprint density at radius 2 is 2.21 bits per heavy atom. The lowest BCUT2D eigenvalue weighted by atomic mass is 10.00. The van der Waals surface area contributed by atoms with Crippen molar-refractivity contribution >= 4 is 11.6 Å². The van der Waals surface area contributed by atoms with Crippen LogP contribution in [-0.2, 0) is 13.0 Å². The minimum absolute atomic E-state index is 0.145. The van der Waals surface area contributed by atoms with Gasteiger partial charge in [0.25, 0.3) is 0 Å². The van der Waals surface area contributed by atoms with E-state index in [1.807, 2.05) is 4.57 Å². The highest BCUT2D eigenvalue weighted by Gasteiger charge is 2.24. The lowest BCUT2D eigenvalue weighted by Crippen LogP contribution is -2.23. The van der Waals surface area contributed by atoms with Crippen LogP contribution in [0.15, 0.2) is 18.2 Å². The molecule has 1 aromatic carbocycles. The van der Waals surface area contributed by atoms with Crippen LogP contribution in [0.4, 0.5) is 0 Å². The summed E-state index contributed by atoms with van der Waals surface area (Å²) < 4.78 is 1.98. The van der Waals surface area contributed by atoms with Crippen LogP contribution >= 0.6 is 11.6 Å². The molecule has 19 heavy (non-hydrogen) atoms. The molecule has 3 rings (SSSR count). The number of aromatic nitrogens is 3. The van der Waals surface area contributed by atoms with Gasteiger partial charge in [-0.3, -0.25) is 0 Å². The van der Waals surface area contributed by atoms with Crippen molar-refractivity contribution < 1.29 is 10.2 Å². The number of aryl methyl sites for hydroxylation is 1. The highest BCUT2D eigenvalue weighted by Crippen LogP contribution is 2.32. The van der Waals surface area contributed by atoms with Crippen LogP contribution in [0.1, 0.15) is 12.2 Å². The summed E-state index contributed by atoms with van der Waals surface area (Å²) in [7, 11) is 0. The second kappa shape index (κ2) is 4.83. The van der Waals surface area contributed by atoms with Crippen molar-refractivity contribution in [1.82, 2.24) is 14.8 Å². The minimum Gasteiger partial charge on any atom is -0.508 e. The molecule has 0 saturated carbocycles. The van der Waals surface area contributed by atoms with E-state index in [4.69, 9.17) is 11.6 Å². The molecule has 1 atom stereocenters. The number of fused-ring (bicyclic) bond motifs is 1. The summed E-state index contributed by atoms with van der Waals surface area (Å²) in [6.45, 7) is 0.838. The lowest BCUT2D eigenvalue weighted by molar-refractivity contribution is 0.191. The van der Waals surface area contributed by atoms with Gasteiger partial charge in [0.1, 0.15) is 11.6 Å². The Hall–Kier alpha value is -1.59. The number of phenolic OH excluding ortho intramolecular Hbond substituents is 1. The molecule has 0 aliphatic carbocycles. The Balaban J connectivity index is 2.07. The van der Waals surface area contributed by atoms with Crippen LogP contribution < -0.4 is 0 Å². The van der Waals surface area contributed by atoms with Gasteiger partial charge in [-0.15, -0.1) is 10.2 Å². The van der Waals surface area contributed by atoms with Gasteiger partial charge in [-0.2, -0.15) is 0 Å². The van der Waals surface area contributed by atoms with Crippen LogP contribution in [0.5, 0.6) is 5.75 Å². The van der Waals surface area contributed by atoms with Crippen LogP contribution in [0.2, 0.25) is 5.02 Å². The summed E-state index contributed by atoms with van der Waals surface area (Å²) in [6, 6.07) is 4.76. The molecule has 1 aliphatic rings. The number of phenols is 1. The van der Waals surface area contributed by atoms with Gasteiger partial charge in [-0.25, -0.2) is 0 Å². The van der Waals surface area contributed by atoms with E-state index in [0.717, 1.165) is 18.7 Å². The summed E-state index contributed by atoms with van der Waals surface area (Å²) in [5.74, 6) is 1.91. The van der Waals surface area contributed by atoms with E-state index in [9.17, 15) is 10.2 Å². The maximum Gasteiger partial charge on any atom is 0.165 e. The number of aliphatic hydroxyl groups excluding tert-OH is 1. The summed E-state index contributed by atoms with van der Waals surface area (Å²) in [5.41, 5.74) is 0.666. The highest BCUT2D eigenvalue weighted by atomic mass is 35.5. The largest absolute Gasteiger partial charge is 0.508 e. The molecular weight excluding hydrogens is 266 g/mol. The maximum absolute atomic E-state index is 9.58. The third kappa shape index (κ3) is 2.19. The van der Waals surface area contributed by atoms with Crippen molar-refractivity contribution in [2.24, 2.45) is 5.92 Å². The first-order valence-electron chi connectivity index (χ1n) is 6.21. The fourth-order valence-corrected chi connectivity index (χ4v) is 2.63. The molecular formula is C13H14ClN3O2. The van der Waals surface area contributed by atoms with Crippen molar-refractivity contribution in [2.75, 3.05) is 6.61 Å². The topological polar surface area (TPSA) is 71.2 Å². The number of aliphatic hydroxyl groups is 1. The summed E-state index contributed by atoms with van der Waals surface area (Å²) in [4.78, 5) is 0. The van der Waals surface area contributed by atoms with Crippen LogP contribution in [0.3, 0.4) is 0 Å². The standard InChI is InChI=1S/C13H14ClN3O2/c14-11-3-2-9(19)5-10(11)13-16-15-12-4-1-8(7-18)6-17(12)13/h2-3,5,8,18-19H,1,4,6-7H2. The van der Waals surface area contributed by atoms with E-state index < -0.39 is 0 Å². The van der Waals surface area contributed by atoms with Crippen molar-refractivity contribution in [1.29, 1.82) is 0 Å².